The lowest BCUT2D eigenvalue weighted by Gasteiger charge is -2.23. The topological polar surface area (TPSA) is 25.8 Å². The molecule has 52 heavy (non-hydrogen) atoms. The van der Waals surface area contributed by atoms with Gasteiger partial charge in [0.1, 0.15) is 0 Å². The van der Waals surface area contributed by atoms with Crippen molar-refractivity contribution in [2.24, 2.45) is 0 Å². The molecule has 1 aromatic heterocycles. The van der Waals surface area contributed by atoms with E-state index in [1.165, 1.54) is 61.2 Å². The lowest BCUT2D eigenvalue weighted by molar-refractivity contribution is 0.659. The molecule has 1 atom stereocenters. The quantitative estimate of drug-likeness (QED) is 0.183. The number of hydrogen-bond donors (Lipinski definition) is 0. The van der Waals surface area contributed by atoms with Crippen molar-refractivity contribution in [3.8, 4) is 67.3 Å². The summed E-state index contributed by atoms with van der Waals surface area (Å²) in [5.41, 5.74) is 19.6. The molecular weight excluding hydrogens is 629 g/mol. The molecule has 0 saturated heterocycles. The second-order valence-electron chi connectivity index (χ2n) is 14.6. The molecule has 0 N–H and O–H groups in total. The van der Waals surface area contributed by atoms with Crippen LogP contribution < -0.4 is 0 Å². The Morgan fingerprint density at radius 3 is 1.75 bits per heavy atom. The van der Waals surface area contributed by atoms with Crippen molar-refractivity contribution in [2.45, 2.75) is 25.2 Å². The molecule has 1 heterocycles. The van der Waals surface area contributed by atoms with Gasteiger partial charge in [-0.25, -0.2) is 9.97 Å². The predicted octanol–water partition coefficient (Wildman–Crippen LogP) is 12.6. The summed E-state index contributed by atoms with van der Waals surface area (Å²) < 4.78 is 0. The van der Waals surface area contributed by atoms with E-state index in [1.54, 1.807) is 0 Å². The van der Waals surface area contributed by atoms with Crippen LogP contribution in [-0.4, -0.2) is 9.97 Å². The highest BCUT2D eigenvalue weighted by atomic mass is 14.9. The van der Waals surface area contributed by atoms with E-state index >= 15 is 0 Å². The minimum atomic E-state index is -0.0513. The third-order valence-electron chi connectivity index (χ3n) is 11.2. The summed E-state index contributed by atoms with van der Waals surface area (Å²) in [6, 6.07) is 63.6. The van der Waals surface area contributed by atoms with Gasteiger partial charge in [0.25, 0.3) is 0 Å². The molecule has 0 fully saturated rings. The molecule has 246 valence electrons. The van der Waals surface area contributed by atoms with Gasteiger partial charge in [-0.05, 0) is 85.5 Å². The highest BCUT2D eigenvalue weighted by Gasteiger charge is 2.39. The Labute approximate surface area is 305 Å². The van der Waals surface area contributed by atoms with E-state index < -0.39 is 0 Å². The van der Waals surface area contributed by atoms with Crippen molar-refractivity contribution < 1.29 is 0 Å². The number of fused-ring (bicyclic) bond motifs is 6. The smallest absolute Gasteiger partial charge is 0.160 e. The lowest BCUT2D eigenvalue weighted by Crippen LogP contribution is -2.15. The average Bonchev–Trinajstić information content (AvgIpc) is 3.65. The van der Waals surface area contributed by atoms with Crippen LogP contribution in [0, 0.1) is 0 Å². The highest BCUT2D eigenvalue weighted by Crippen LogP contribution is 2.56. The Morgan fingerprint density at radius 2 is 0.981 bits per heavy atom. The minimum absolute atomic E-state index is 0.0513. The van der Waals surface area contributed by atoms with Crippen LogP contribution in [0.15, 0.2) is 176 Å². The summed E-state index contributed by atoms with van der Waals surface area (Å²) in [5.74, 6) is 0.908. The largest absolute Gasteiger partial charge is 0.228 e. The second-order valence-corrected chi connectivity index (χ2v) is 14.6. The summed E-state index contributed by atoms with van der Waals surface area (Å²) in [4.78, 5) is 10.1. The van der Waals surface area contributed by atoms with Gasteiger partial charge in [-0.15, -0.1) is 0 Å². The Hall–Kier alpha value is -6.38. The fourth-order valence-corrected chi connectivity index (χ4v) is 8.56. The van der Waals surface area contributed by atoms with Gasteiger partial charge in [0.15, 0.2) is 5.82 Å². The first-order valence-electron chi connectivity index (χ1n) is 18.1. The third-order valence-corrected chi connectivity index (χ3v) is 11.2. The van der Waals surface area contributed by atoms with Crippen molar-refractivity contribution in [1.29, 1.82) is 0 Å². The summed E-state index contributed by atoms with van der Waals surface area (Å²) in [6.07, 6.45) is 0. The van der Waals surface area contributed by atoms with Gasteiger partial charge in [0.2, 0.25) is 0 Å². The molecule has 0 aliphatic heterocycles. The predicted molar refractivity (Wildman–Crippen MR) is 214 cm³/mol. The van der Waals surface area contributed by atoms with Crippen LogP contribution in [0.25, 0.3) is 67.3 Å². The van der Waals surface area contributed by atoms with Crippen molar-refractivity contribution in [1.82, 2.24) is 9.97 Å². The van der Waals surface area contributed by atoms with Crippen LogP contribution in [0.1, 0.15) is 47.6 Å². The molecule has 7 aromatic carbocycles. The van der Waals surface area contributed by atoms with Gasteiger partial charge in [-0.1, -0.05) is 166 Å². The molecule has 0 amide bonds. The molecule has 1 unspecified atom stereocenters. The lowest BCUT2D eigenvalue weighted by atomic mass is 9.80. The number of rotatable bonds is 5. The molecule has 2 heteroatoms. The van der Waals surface area contributed by atoms with Crippen LogP contribution in [0.2, 0.25) is 0 Å². The van der Waals surface area contributed by atoms with E-state index in [1.807, 2.05) is 24.3 Å². The molecular formula is C50H36N2. The van der Waals surface area contributed by atoms with Gasteiger partial charge < -0.3 is 0 Å². The van der Waals surface area contributed by atoms with Gasteiger partial charge >= 0.3 is 0 Å². The average molecular weight is 665 g/mol. The van der Waals surface area contributed by atoms with Crippen molar-refractivity contribution >= 4 is 0 Å². The van der Waals surface area contributed by atoms with E-state index in [-0.39, 0.29) is 11.3 Å². The van der Waals surface area contributed by atoms with E-state index in [0.29, 0.717) is 0 Å². The zero-order chi connectivity index (χ0) is 34.8. The number of hydrogen-bond acceptors (Lipinski definition) is 2. The third kappa shape index (κ3) is 4.86. The minimum Gasteiger partial charge on any atom is -0.228 e. The standard InChI is InChI=1S/C50H36N2/c1-50(2)44-24-13-12-23-38(44)42-29-41-40-28-36(25-26-39(40)48(43(41)30-45(42)50)33-17-8-4-9-18-33)35-21-14-22-37(27-35)47-31-46(32-15-6-3-7-16-32)51-49(52-47)34-19-10-5-11-20-34/h3-31,48H,1-2H3. The maximum absolute atomic E-state index is 5.12. The van der Waals surface area contributed by atoms with Crippen LogP contribution in [0.3, 0.4) is 0 Å². The summed E-state index contributed by atoms with van der Waals surface area (Å²) >= 11 is 0. The molecule has 0 spiro atoms. The van der Waals surface area contributed by atoms with Crippen molar-refractivity contribution in [2.75, 3.05) is 0 Å². The SMILES string of the molecule is CC1(C)c2ccccc2-c2cc3c(cc21)C(c1ccccc1)c1ccc(-c2cccc(-c4cc(-c5ccccc5)nc(-c5ccccc5)n4)c2)cc1-3. The summed E-state index contributed by atoms with van der Waals surface area (Å²) in [7, 11) is 0. The molecule has 0 radical (unpaired) electrons. The fraction of sp³-hybridized carbons (Fsp3) is 0.0800. The fourth-order valence-electron chi connectivity index (χ4n) is 8.56. The normalized spacial score (nSPS) is 14.7. The molecule has 2 aliphatic rings. The van der Waals surface area contributed by atoms with E-state index in [0.717, 1.165) is 33.9 Å². The first-order valence-corrected chi connectivity index (χ1v) is 18.1. The number of nitrogens with zero attached hydrogens (tertiary/aromatic N) is 2. The molecule has 0 saturated carbocycles. The zero-order valence-electron chi connectivity index (χ0n) is 29.2. The van der Waals surface area contributed by atoms with Gasteiger partial charge in [-0.3, -0.25) is 0 Å². The first kappa shape index (κ1) is 30.4. The van der Waals surface area contributed by atoms with Gasteiger partial charge in [-0.2, -0.15) is 0 Å². The van der Waals surface area contributed by atoms with Crippen molar-refractivity contribution in [3.05, 3.63) is 204 Å². The van der Waals surface area contributed by atoms with E-state index in [9.17, 15) is 0 Å². The Balaban J connectivity index is 1.11. The maximum atomic E-state index is 5.12. The number of benzene rings is 7. The monoisotopic (exact) mass is 664 g/mol. The Morgan fingerprint density at radius 1 is 0.385 bits per heavy atom. The zero-order valence-corrected chi connectivity index (χ0v) is 29.2. The molecule has 10 rings (SSSR count). The highest BCUT2D eigenvalue weighted by molar-refractivity contribution is 5.91. The summed E-state index contributed by atoms with van der Waals surface area (Å²) in [6.45, 7) is 4.75. The van der Waals surface area contributed by atoms with Crippen molar-refractivity contribution in [3.63, 3.8) is 0 Å². The van der Waals surface area contributed by atoms with Gasteiger partial charge in [0, 0.05) is 28.0 Å². The van der Waals surface area contributed by atoms with E-state index in [2.05, 4.69) is 166 Å². The van der Waals surface area contributed by atoms with Crippen LogP contribution in [-0.2, 0) is 5.41 Å². The van der Waals surface area contributed by atoms with Crippen LogP contribution in [0.4, 0.5) is 0 Å². The summed E-state index contributed by atoms with van der Waals surface area (Å²) in [5, 5.41) is 0. The van der Waals surface area contributed by atoms with Crippen LogP contribution >= 0.6 is 0 Å². The maximum Gasteiger partial charge on any atom is 0.160 e. The van der Waals surface area contributed by atoms with E-state index in [4.69, 9.17) is 9.97 Å². The Kier molecular flexibility index (Phi) is 6.94. The molecule has 2 aliphatic carbocycles. The number of aromatic nitrogens is 2. The second kappa shape index (κ2) is 11.9. The van der Waals surface area contributed by atoms with Gasteiger partial charge in [0.05, 0.1) is 11.4 Å². The first-order chi connectivity index (χ1) is 25.5. The molecule has 2 nitrogen and oxygen atoms in total. The molecule has 0 bridgehead atoms. The molecule has 8 aromatic rings. The van der Waals surface area contributed by atoms with Crippen LogP contribution in [0.5, 0.6) is 0 Å². The Bertz CT molecular complexity index is 2580.